The number of benzene rings is 1. The van der Waals surface area contributed by atoms with E-state index >= 15 is 0 Å². The number of anilines is 1. The van der Waals surface area contributed by atoms with Gasteiger partial charge in [0.1, 0.15) is 0 Å². The maximum absolute atomic E-state index is 11.5. The van der Waals surface area contributed by atoms with E-state index < -0.39 is 0 Å². The molecule has 1 aromatic rings. The van der Waals surface area contributed by atoms with Gasteiger partial charge in [-0.1, -0.05) is 12.1 Å². The molecule has 0 bridgehead atoms. The van der Waals surface area contributed by atoms with E-state index in [1.807, 2.05) is 19.0 Å². The molecule has 4 heteroatoms. The Labute approximate surface area is 115 Å². The second-order valence-corrected chi connectivity index (χ2v) is 5.35. The van der Waals surface area contributed by atoms with Gasteiger partial charge in [-0.05, 0) is 36.5 Å². The van der Waals surface area contributed by atoms with Crippen LogP contribution in [0.4, 0.5) is 5.69 Å². The SMILES string of the molecule is CN(C)c1ccc(C2CCN(C(=O)CN)CC2)cc1. The summed E-state index contributed by atoms with van der Waals surface area (Å²) in [4.78, 5) is 15.5. The summed E-state index contributed by atoms with van der Waals surface area (Å²) in [5, 5.41) is 0. The van der Waals surface area contributed by atoms with Gasteiger partial charge < -0.3 is 15.5 Å². The van der Waals surface area contributed by atoms with Crippen LogP contribution in [0, 0.1) is 0 Å². The first-order valence-electron chi connectivity index (χ1n) is 6.87. The van der Waals surface area contributed by atoms with E-state index in [4.69, 9.17) is 5.73 Å². The van der Waals surface area contributed by atoms with Gasteiger partial charge in [-0.25, -0.2) is 0 Å². The fourth-order valence-electron chi connectivity index (χ4n) is 2.64. The van der Waals surface area contributed by atoms with Crippen molar-refractivity contribution in [1.29, 1.82) is 0 Å². The second-order valence-electron chi connectivity index (χ2n) is 5.35. The van der Waals surface area contributed by atoms with Crippen molar-refractivity contribution in [2.75, 3.05) is 38.6 Å². The zero-order valence-electron chi connectivity index (χ0n) is 11.8. The normalized spacial score (nSPS) is 16.5. The number of amides is 1. The Hall–Kier alpha value is -1.55. The Morgan fingerprint density at radius 2 is 1.84 bits per heavy atom. The number of hydrogen-bond donors (Lipinski definition) is 1. The molecule has 1 amide bonds. The van der Waals surface area contributed by atoms with Gasteiger partial charge in [0.25, 0.3) is 0 Å². The van der Waals surface area contributed by atoms with Crippen LogP contribution in [0.15, 0.2) is 24.3 Å². The third-order valence-electron chi connectivity index (χ3n) is 3.90. The van der Waals surface area contributed by atoms with Crippen LogP contribution in [0.3, 0.4) is 0 Å². The first kappa shape index (κ1) is 13.9. The van der Waals surface area contributed by atoms with Crippen molar-refractivity contribution in [3.8, 4) is 0 Å². The van der Waals surface area contributed by atoms with E-state index in [1.165, 1.54) is 11.3 Å². The molecule has 1 fully saturated rings. The summed E-state index contributed by atoms with van der Waals surface area (Å²) < 4.78 is 0. The van der Waals surface area contributed by atoms with Gasteiger partial charge in [-0.15, -0.1) is 0 Å². The van der Waals surface area contributed by atoms with Gasteiger partial charge in [0.2, 0.25) is 5.91 Å². The summed E-state index contributed by atoms with van der Waals surface area (Å²) in [6.07, 6.45) is 2.07. The number of nitrogens with zero attached hydrogens (tertiary/aromatic N) is 2. The van der Waals surface area contributed by atoms with Gasteiger partial charge in [-0.3, -0.25) is 4.79 Å². The van der Waals surface area contributed by atoms with Crippen LogP contribution >= 0.6 is 0 Å². The fourth-order valence-corrected chi connectivity index (χ4v) is 2.64. The van der Waals surface area contributed by atoms with Gasteiger partial charge >= 0.3 is 0 Å². The quantitative estimate of drug-likeness (QED) is 0.895. The third-order valence-corrected chi connectivity index (χ3v) is 3.90. The molecular weight excluding hydrogens is 238 g/mol. The summed E-state index contributed by atoms with van der Waals surface area (Å²) in [5.74, 6) is 0.638. The number of rotatable bonds is 3. The molecule has 1 saturated heterocycles. The van der Waals surface area contributed by atoms with Gasteiger partial charge in [0.05, 0.1) is 6.54 Å². The maximum atomic E-state index is 11.5. The van der Waals surface area contributed by atoms with Crippen molar-refractivity contribution < 1.29 is 4.79 Å². The highest BCUT2D eigenvalue weighted by Crippen LogP contribution is 2.29. The van der Waals surface area contributed by atoms with Crippen molar-refractivity contribution in [3.63, 3.8) is 0 Å². The van der Waals surface area contributed by atoms with Gasteiger partial charge in [0.15, 0.2) is 0 Å². The fraction of sp³-hybridized carbons (Fsp3) is 0.533. The van der Waals surface area contributed by atoms with Gasteiger partial charge in [-0.2, -0.15) is 0 Å². The molecule has 2 rings (SSSR count). The summed E-state index contributed by atoms with van der Waals surface area (Å²) in [5.41, 5.74) is 8.00. The molecule has 0 spiro atoms. The first-order valence-corrected chi connectivity index (χ1v) is 6.87. The Kier molecular flexibility index (Phi) is 4.43. The zero-order valence-corrected chi connectivity index (χ0v) is 11.8. The highest BCUT2D eigenvalue weighted by molar-refractivity contribution is 5.78. The van der Waals surface area contributed by atoms with Crippen LogP contribution in [-0.2, 0) is 4.79 Å². The largest absolute Gasteiger partial charge is 0.378 e. The minimum Gasteiger partial charge on any atom is -0.378 e. The number of piperidine rings is 1. The lowest BCUT2D eigenvalue weighted by Gasteiger charge is -2.32. The van der Waals surface area contributed by atoms with Crippen LogP contribution in [0.25, 0.3) is 0 Å². The number of hydrogen-bond acceptors (Lipinski definition) is 3. The number of nitrogens with two attached hydrogens (primary N) is 1. The van der Waals surface area contributed by atoms with Crippen LogP contribution < -0.4 is 10.6 Å². The third kappa shape index (κ3) is 3.26. The molecular formula is C15H23N3O. The topological polar surface area (TPSA) is 49.6 Å². The predicted octanol–water partition coefficient (Wildman–Crippen LogP) is 1.42. The minimum absolute atomic E-state index is 0.0707. The second kappa shape index (κ2) is 6.06. The van der Waals surface area contributed by atoms with Crippen LogP contribution in [0.1, 0.15) is 24.3 Å². The Morgan fingerprint density at radius 3 is 2.32 bits per heavy atom. The molecule has 19 heavy (non-hydrogen) atoms. The van der Waals surface area contributed by atoms with Crippen molar-refractivity contribution in [3.05, 3.63) is 29.8 Å². The molecule has 4 nitrogen and oxygen atoms in total. The summed E-state index contributed by atoms with van der Waals surface area (Å²) in [6, 6.07) is 8.74. The van der Waals surface area contributed by atoms with E-state index in [2.05, 4.69) is 29.2 Å². The highest BCUT2D eigenvalue weighted by Gasteiger charge is 2.22. The Balaban J connectivity index is 1.96. The maximum Gasteiger partial charge on any atom is 0.236 e. The average Bonchev–Trinajstić information content (AvgIpc) is 2.46. The highest BCUT2D eigenvalue weighted by atomic mass is 16.2. The lowest BCUT2D eigenvalue weighted by atomic mass is 9.89. The van der Waals surface area contributed by atoms with Crippen molar-refractivity contribution in [1.82, 2.24) is 4.90 Å². The van der Waals surface area contributed by atoms with E-state index in [-0.39, 0.29) is 12.5 Å². The first-order chi connectivity index (χ1) is 9.11. The van der Waals surface area contributed by atoms with Crippen molar-refractivity contribution in [2.24, 2.45) is 5.73 Å². The monoisotopic (exact) mass is 261 g/mol. The summed E-state index contributed by atoms with van der Waals surface area (Å²) in [7, 11) is 4.10. The zero-order chi connectivity index (χ0) is 13.8. The molecule has 0 aliphatic carbocycles. The van der Waals surface area contributed by atoms with E-state index in [9.17, 15) is 4.79 Å². The van der Waals surface area contributed by atoms with Crippen LogP contribution in [0.5, 0.6) is 0 Å². The van der Waals surface area contributed by atoms with Crippen LogP contribution in [-0.4, -0.2) is 44.5 Å². The molecule has 1 aromatic carbocycles. The summed E-state index contributed by atoms with van der Waals surface area (Å²) >= 11 is 0. The van der Waals surface area contributed by atoms with Crippen molar-refractivity contribution in [2.45, 2.75) is 18.8 Å². The van der Waals surface area contributed by atoms with E-state index in [0.29, 0.717) is 5.92 Å². The molecule has 104 valence electrons. The van der Waals surface area contributed by atoms with E-state index in [0.717, 1.165) is 25.9 Å². The molecule has 2 N–H and O–H groups in total. The summed E-state index contributed by atoms with van der Waals surface area (Å²) in [6.45, 7) is 1.79. The number of likely N-dealkylation sites (tertiary alicyclic amines) is 1. The molecule has 1 aliphatic heterocycles. The molecule has 0 atom stereocenters. The molecule has 0 unspecified atom stereocenters. The molecule has 0 aromatic heterocycles. The van der Waals surface area contributed by atoms with E-state index in [1.54, 1.807) is 0 Å². The molecule has 1 aliphatic rings. The van der Waals surface area contributed by atoms with Crippen LogP contribution in [0.2, 0.25) is 0 Å². The Morgan fingerprint density at radius 1 is 1.26 bits per heavy atom. The molecule has 1 heterocycles. The number of carbonyl (C=O) groups is 1. The average molecular weight is 261 g/mol. The lowest BCUT2D eigenvalue weighted by molar-refractivity contribution is -0.130. The molecule has 0 saturated carbocycles. The van der Waals surface area contributed by atoms with Crippen molar-refractivity contribution >= 4 is 11.6 Å². The van der Waals surface area contributed by atoms with Gasteiger partial charge in [0, 0.05) is 32.9 Å². The number of carbonyl (C=O) groups excluding carboxylic acids is 1. The lowest BCUT2D eigenvalue weighted by Crippen LogP contribution is -2.41. The molecule has 0 radical (unpaired) electrons. The predicted molar refractivity (Wildman–Crippen MR) is 78.4 cm³/mol. The minimum atomic E-state index is 0.0707. The Bertz CT molecular complexity index is 420. The standard InChI is InChI=1S/C15H23N3O/c1-17(2)14-5-3-12(4-6-14)13-7-9-18(10-8-13)15(19)11-16/h3-6,13H,7-11,16H2,1-2H3. The smallest absolute Gasteiger partial charge is 0.236 e.